The van der Waals surface area contributed by atoms with E-state index < -0.39 is 25.0 Å². The fourth-order valence-corrected chi connectivity index (χ4v) is 2.60. The minimum atomic E-state index is -4.30. The molecule has 5 nitrogen and oxygen atoms in total. The quantitative estimate of drug-likeness (QED) is 0.538. The average Bonchev–Trinajstić information content (AvgIpc) is 2.73. The van der Waals surface area contributed by atoms with Gasteiger partial charge in [0.15, 0.2) is 0 Å². The predicted octanol–water partition coefficient (Wildman–Crippen LogP) is 5.09. The monoisotopic (exact) mass is 415 g/mol. The lowest BCUT2D eigenvalue weighted by atomic mass is 10.1. The van der Waals surface area contributed by atoms with Crippen molar-refractivity contribution in [1.29, 1.82) is 0 Å². The smallest absolute Gasteiger partial charge is 0.390 e. The maximum atomic E-state index is 12.2. The minimum Gasteiger partial charge on any atom is -0.487 e. The van der Waals surface area contributed by atoms with Crippen LogP contribution >= 0.6 is 0 Å². The van der Waals surface area contributed by atoms with E-state index in [9.17, 15) is 18.0 Å². The van der Waals surface area contributed by atoms with Crippen LogP contribution in [-0.2, 0) is 6.61 Å². The van der Waals surface area contributed by atoms with E-state index in [1.54, 1.807) is 42.6 Å². The number of aromatic nitrogens is 1. The first-order valence-electron chi connectivity index (χ1n) is 9.24. The van der Waals surface area contributed by atoms with Crippen LogP contribution in [0, 0.1) is 0 Å². The Morgan fingerprint density at radius 3 is 2.47 bits per heavy atom. The third kappa shape index (κ3) is 6.80. The normalized spacial score (nSPS) is 11.0. The molecule has 8 heteroatoms. The van der Waals surface area contributed by atoms with E-state index in [-0.39, 0.29) is 5.56 Å². The Morgan fingerprint density at radius 2 is 1.77 bits per heavy atom. The maximum Gasteiger partial charge on any atom is 0.390 e. The molecule has 2 aromatic carbocycles. The molecule has 2 N–H and O–H groups in total. The zero-order valence-electron chi connectivity index (χ0n) is 15.9. The molecule has 3 rings (SSSR count). The van der Waals surface area contributed by atoms with E-state index in [1.807, 2.05) is 30.3 Å². The first kappa shape index (κ1) is 21.2. The van der Waals surface area contributed by atoms with Crippen molar-refractivity contribution in [3.63, 3.8) is 0 Å². The molecule has 3 aromatic rings. The van der Waals surface area contributed by atoms with Crippen molar-refractivity contribution in [1.82, 2.24) is 10.3 Å². The molecule has 0 fully saturated rings. The number of nitrogens with zero attached hydrogens (tertiary/aromatic N) is 1. The molecule has 0 atom stereocenters. The van der Waals surface area contributed by atoms with Crippen LogP contribution in [0.4, 0.5) is 24.5 Å². The lowest BCUT2D eigenvalue weighted by molar-refractivity contribution is -0.132. The highest BCUT2D eigenvalue weighted by Crippen LogP contribution is 2.22. The number of rotatable bonds is 8. The van der Waals surface area contributed by atoms with E-state index in [0.717, 1.165) is 11.4 Å². The van der Waals surface area contributed by atoms with E-state index in [0.29, 0.717) is 18.0 Å². The molecule has 156 valence electrons. The minimum absolute atomic E-state index is 0.275. The van der Waals surface area contributed by atoms with Crippen molar-refractivity contribution < 1.29 is 22.7 Å². The Labute approximate surface area is 171 Å². The van der Waals surface area contributed by atoms with Crippen molar-refractivity contribution in [3.8, 4) is 5.75 Å². The summed E-state index contributed by atoms with van der Waals surface area (Å²) in [4.78, 5) is 16.2. The van der Waals surface area contributed by atoms with E-state index >= 15 is 0 Å². The Bertz CT molecular complexity index is 961. The van der Waals surface area contributed by atoms with Gasteiger partial charge in [-0.2, -0.15) is 13.2 Å². The zero-order valence-corrected chi connectivity index (χ0v) is 15.9. The SMILES string of the molecule is O=C(NCCC(F)(F)F)c1cccc(Nc2ccc(OCc3ccccn3)cc2)c1. The van der Waals surface area contributed by atoms with Gasteiger partial charge in [-0.1, -0.05) is 12.1 Å². The first-order chi connectivity index (χ1) is 14.4. The number of carbonyl (C=O) groups excluding carboxylic acids is 1. The highest BCUT2D eigenvalue weighted by molar-refractivity contribution is 5.95. The highest BCUT2D eigenvalue weighted by Gasteiger charge is 2.26. The molecule has 0 saturated heterocycles. The lowest BCUT2D eigenvalue weighted by Gasteiger charge is -2.11. The summed E-state index contributed by atoms with van der Waals surface area (Å²) in [6.45, 7) is -0.0982. The number of pyridine rings is 1. The number of halogens is 3. The molecule has 1 aromatic heterocycles. The molecular weight excluding hydrogens is 395 g/mol. The van der Waals surface area contributed by atoms with Gasteiger partial charge in [0.2, 0.25) is 0 Å². The Hall–Kier alpha value is -3.55. The fraction of sp³-hybridized carbons (Fsp3) is 0.182. The summed E-state index contributed by atoms with van der Waals surface area (Å²) in [5.41, 5.74) is 2.51. The van der Waals surface area contributed by atoms with Gasteiger partial charge >= 0.3 is 6.18 Å². The number of anilines is 2. The van der Waals surface area contributed by atoms with Crippen LogP contribution < -0.4 is 15.4 Å². The van der Waals surface area contributed by atoms with Gasteiger partial charge in [0.05, 0.1) is 12.1 Å². The molecule has 0 aliphatic carbocycles. The van der Waals surface area contributed by atoms with Crippen LogP contribution in [0.5, 0.6) is 5.75 Å². The van der Waals surface area contributed by atoms with Gasteiger partial charge in [0.25, 0.3) is 5.91 Å². The summed E-state index contributed by atoms with van der Waals surface area (Å²) in [7, 11) is 0. The predicted molar refractivity (Wildman–Crippen MR) is 108 cm³/mol. The number of nitrogens with one attached hydrogen (secondary N) is 2. The highest BCUT2D eigenvalue weighted by atomic mass is 19.4. The molecule has 0 unspecified atom stereocenters. The second-order valence-corrected chi connectivity index (χ2v) is 6.46. The van der Waals surface area contributed by atoms with Crippen molar-refractivity contribution in [2.24, 2.45) is 0 Å². The molecule has 30 heavy (non-hydrogen) atoms. The van der Waals surface area contributed by atoms with Crippen molar-refractivity contribution in [3.05, 3.63) is 84.2 Å². The summed E-state index contributed by atoms with van der Waals surface area (Å²) >= 11 is 0. The number of hydrogen-bond donors (Lipinski definition) is 2. The van der Waals surface area contributed by atoms with Gasteiger partial charge in [-0.05, 0) is 54.6 Å². The van der Waals surface area contributed by atoms with Crippen molar-refractivity contribution in [2.75, 3.05) is 11.9 Å². The molecule has 1 heterocycles. The summed E-state index contributed by atoms with van der Waals surface area (Å²) in [6.07, 6.45) is -3.66. The van der Waals surface area contributed by atoms with Crippen LogP contribution in [0.1, 0.15) is 22.5 Å². The van der Waals surface area contributed by atoms with Crippen LogP contribution in [0.3, 0.4) is 0 Å². The van der Waals surface area contributed by atoms with Gasteiger partial charge in [-0.3, -0.25) is 9.78 Å². The van der Waals surface area contributed by atoms with Gasteiger partial charge in [0.1, 0.15) is 12.4 Å². The van der Waals surface area contributed by atoms with Gasteiger partial charge in [0, 0.05) is 29.7 Å². The molecule has 0 aliphatic heterocycles. The van der Waals surface area contributed by atoms with Gasteiger partial charge in [-0.15, -0.1) is 0 Å². The van der Waals surface area contributed by atoms with E-state index in [1.165, 1.54) is 0 Å². The molecular formula is C22H20F3N3O2. The number of hydrogen-bond acceptors (Lipinski definition) is 4. The summed E-state index contributed by atoms with van der Waals surface area (Å²) in [5.74, 6) is 0.130. The molecule has 0 aliphatic rings. The number of benzene rings is 2. The topological polar surface area (TPSA) is 63.2 Å². The summed E-state index contributed by atoms with van der Waals surface area (Å²) in [5, 5.41) is 5.43. The van der Waals surface area contributed by atoms with Crippen LogP contribution in [0.15, 0.2) is 72.9 Å². The zero-order chi connectivity index (χ0) is 21.4. The molecule has 0 spiro atoms. The van der Waals surface area contributed by atoms with Crippen LogP contribution in [0.2, 0.25) is 0 Å². The van der Waals surface area contributed by atoms with E-state index in [2.05, 4.69) is 15.6 Å². The largest absolute Gasteiger partial charge is 0.487 e. The molecule has 1 amide bonds. The van der Waals surface area contributed by atoms with Crippen LogP contribution in [-0.4, -0.2) is 23.6 Å². The number of alkyl halides is 3. The molecule has 0 saturated carbocycles. The Kier molecular flexibility index (Phi) is 6.90. The van der Waals surface area contributed by atoms with Crippen LogP contribution in [0.25, 0.3) is 0 Å². The summed E-state index contributed by atoms with van der Waals surface area (Å²) < 4.78 is 42.3. The number of amides is 1. The van der Waals surface area contributed by atoms with Crippen molar-refractivity contribution >= 4 is 17.3 Å². The second-order valence-electron chi connectivity index (χ2n) is 6.46. The molecule has 0 bridgehead atoms. The van der Waals surface area contributed by atoms with Gasteiger partial charge in [-0.25, -0.2) is 0 Å². The lowest BCUT2D eigenvalue weighted by Crippen LogP contribution is -2.27. The molecule has 0 radical (unpaired) electrons. The maximum absolute atomic E-state index is 12.2. The second kappa shape index (κ2) is 9.78. The first-order valence-corrected chi connectivity index (χ1v) is 9.24. The number of ether oxygens (including phenoxy) is 1. The van der Waals surface area contributed by atoms with E-state index in [4.69, 9.17) is 4.74 Å². The standard InChI is InChI=1S/C22H20F3N3O2/c23-22(24,25)11-13-27-21(29)16-4-3-6-18(14-16)28-17-7-9-20(10-8-17)30-15-19-5-1-2-12-26-19/h1-10,12,14,28H,11,13,15H2,(H,27,29). The Morgan fingerprint density at radius 1 is 0.967 bits per heavy atom. The van der Waals surface area contributed by atoms with Gasteiger partial charge < -0.3 is 15.4 Å². The van der Waals surface area contributed by atoms with Crippen molar-refractivity contribution in [2.45, 2.75) is 19.2 Å². The average molecular weight is 415 g/mol. The fourth-order valence-electron chi connectivity index (χ4n) is 2.60. The summed E-state index contributed by atoms with van der Waals surface area (Å²) in [6, 6.07) is 19.4. The number of carbonyl (C=O) groups is 1. The Balaban J connectivity index is 1.54. The third-order valence-electron chi connectivity index (χ3n) is 4.07. The third-order valence-corrected chi connectivity index (χ3v) is 4.07.